The fourth-order valence-corrected chi connectivity index (χ4v) is 3.34. The number of ether oxygens (including phenoxy) is 1. The van der Waals surface area contributed by atoms with Gasteiger partial charge < -0.3 is 19.5 Å². The van der Waals surface area contributed by atoms with Gasteiger partial charge in [0, 0.05) is 30.8 Å². The van der Waals surface area contributed by atoms with Gasteiger partial charge in [-0.25, -0.2) is 9.97 Å². The van der Waals surface area contributed by atoms with Crippen LogP contribution >= 0.6 is 0 Å². The molecule has 1 atom stereocenters. The topological polar surface area (TPSA) is 93.4 Å². The summed E-state index contributed by atoms with van der Waals surface area (Å²) < 4.78 is 9.97. The molecule has 3 heterocycles. The number of piperidine rings is 1. The van der Waals surface area contributed by atoms with E-state index in [0.29, 0.717) is 12.4 Å². The number of nitrogens with one attached hydrogen (secondary N) is 1. The van der Waals surface area contributed by atoms with Crippen LogP contribution in [0.3, 0.4) is 0 Å². The Balaban J connectivity index is 1.48. The number of benzene rings is 1. The molecule has 144 valence electrons. The van der Waals surface area contributed by atoms with Gasteiger partial charge in [-0.3, -0.25) is 4.79 Å². The highest BCUT2D eigenvalue weighted by atomic mass is 16.5. The molecule has 1 saturated heterocycles. The van der Waals surface area contributed by atoms with Gasteiger partial charge in [-0.1, -0.05) is 5.16 Å². The Morgan fingerprint density at radius 3 is 2.86 bits per heavy atom. The van der Waals surface area contributed by atoms with E-state index in [2.05, 4.69) is 25.3 Å². The fraction of sp³-hybridized carbons (Fsp3) is 0.300. The van der Waals surface area contributed by atoms with Gasteiger partial charge in [-0.2, -0.15) is 0 Å². The molecule has 1 N–H and O–H groups in total. The number of methoxy groups -OCH3 is 1. The first kappa shape index (κ1) is 18.0. The number of carbonyl (C=O) groups is 1. The zero-order chi connectivity index (χ0) is 19.3. The van der Waals surface area contributed by atoms with Crippen LogP contribution in [0.25, 0.3) is 11.3 Å². The SMILES string of the molecule is COc1ccc(-c2cc(N3CCCC(C(=O)Nc4ccon4)C3)ncn2)cc1. The maximum atomic E-state index is 12.5. The molecular weight excluding hydrogens is 358 g/mol. The lowest BCUT2D eigenvalue weighted by Gasteiger charge is -2.32. The van der Waals surface area contributed by atoms with Crippen molar-refractivity contribution < 1.29 is 14.1 Å². The highest BCUT2D eigenvalue weighted by Crippen LogP contribution is 2.26. The number of hydrogen-bond donors (Lipinski definition) is 1. The third-order valence-corrected chi connectivity index (χ3v) is 4.84. The Bertz CT molecular complexity index is 927. The van der Waals surface area contributed by atoms with E-state index in [4.69, 9.17) is 9.26 Å². The molecule has 1 aromatic carbocycles. The van der Waals surface area contributed by atoms with Crippen LogP contribution in [-0.4, -0.2) is 41.2 Å². The molecule has 0 bridgehead atoms. The minimum Gasteiger partial charge on any atom is -0.497 e. The molecule has 0 aliphatic carbocycles. The van der Waals surface area contributed by atoms with Crippen molar-refractivity contribution in [1.82, 2.24) is 15.1 Å². The summed E-state index contributed by atoms with van der Waals surface area (Å²) in [4.78, 5) is 23.5. The maximum Gasteiger partial charge on any atom is 0.230 e. The van der Waals surface area contributed by atoms with E-state index < -0.39 is 0 Å². The third kappa shape index (κ3) is 3.95. The second kappa shape index (κ2) is 8.08. The van der Waals surface area contributed by atoms with Crippen LogP contribution in [0, 0.1) is 5.92 Å². The maximum absolute atomic E-state index is 12.5. The molecule has 1 unspecified atom stereocenters. The fourth-order valence-electron chi connectivity index (χ4n) is 3.34. The number of carbonyl (C=O) groups excluding carboxylic acids is 1. The van der Waals surface area contributed by atoms with Crippen molar-refractivity contribution in [3.8, 4) is 17.0 Å². The standard InChI is InChI=1S/C20H21N5O3/c1-27-16-6-4-14(5-7-16)17-11-19(22-13-21-17)25-9-2-3-15(12-25)20(26)23-18-8-10-28-24-18/h4-8,10-11,13,15H,2-3,9,12H2,1H3,(H,23,24,26). The number of anilines is 2. The summed E-state index contributed by atoms with van der Waals surface area (Å²) in [6, 6.07) is 11.3. The summed E-state index contributed by atoms with van der Waals surface area (Å²) in [6.07, 6.45) is 4.74. The van der Waals surface area contributed by atoms with Gasteiger partial charge in [-0.15, -0.1) is 0 Å². The minimum atomic E-state index is -0.134. The summed E-state index contributed by atoms with van der Waals surface area (Å²) >= 11 is 0. The summed E-state index contributed by atoms with van der Waals surface area (Å²) in [6.45, 7) is 1.45. The molecule has 2 aromatic heterocycles. The normalized spacial score (nSPS) is 16.6. The number of nitrogens with zero attached hydrogens (tertiary/aromatic N) is 4. The molecule has 1 fully saturated rings. The summed E-state index contributed by atoms with van der Waals surface area (Å²) in [5, 5.41) is 6.53. The Labute approximate surface area is 162 Å². The lowest BCUT2D eigenvalue weighted by molar-refractivity contribution is -0.120. The van der Waals surface area contributed by atoms with Crippen molar-refractivity contribution in [2.24, 2.45) is 5.92 Å². The molecule has 1 aliphatic heterocycles. The highest BCUT2D eigenvalue weighted by molar-refractivity contribution is 5.92. The Morgan fingerprint density at radius 1 is 1.25 bits per heavy atom. The average Bonchev–Trinajstić information content (AvgIpc) is 3.27. The van der Waals surface area contributed by atoms with Gasteiger partial charge in [0.1, 0.15) is 24.2 Å². The molecule has 1 aliphatic rings. The predicted octanol–water partition coefficient (Wildman–Crippen LogP) is 3.00. The first-order chi connectivity index (χ1) is 13.7. The summed E-state index contributed by atoms with van der Waals surface area (Å²) in [5.74, 6) is 1.87. The number of hydrogen-bond acceptors (Lipinski definition) is 7. The van der Waals surface area contributed by atoms with E-state index >= 15 is 0 Å². The smallest absolute Gasteiger partial charge is 0.230 e. The van der Waals surface area contributed by atoms with Crippen LogP contribution in [0.15, 0.2) is 53.5 Å². The van der Waals surface area contributed by atoms with Crippen LogP contribution < -0.4 is 15.0 Å². The van der Waals surface area contributed by atoms with Crippen LogP contribution in [-0.2, 0) is 4.79 Å². The molecular formula is C20H21N5O3. The molecule has 8 nitrogen and oxygen atoms in total. The second-order valence-corrected chi connectivity index (χ2v) is 6.65. The number of rotatable bonds is 5. The highest BCUT2D eigenvalue weighted by Gasteiger charge is 2.27. The molecule has 1 amide bonds. The van der Waals surface area contributed by atoms with E-state index in [1.807, 2.05) is 30.3 Å². The minimum absolute atomic E-state index is 0.0527. The quantitative estimate of drug-likeness (QED) is 0.728. The Kier molecular flexibility index (Phi) is 5.18. The summed E-state index contributed by atoms with van der Waals surface area (Å²) in [5.41, 5.74) is 1.82. The zero-order valence-electron chi connectivity index (χ0n) is 15.5. The van der Waals surface area contributed by atoms with E-state index in [1.54, 1.807) is 19.5 Å². The number of aromatic nitrogens is 3. The van der Waals surface area contributed by atoms with Gasteiger partial charge in [0.2, 0.25) is 5.91 Å². The summed E-state index contributed by atoms with van der Waals surface area (Å²) in [7, 11) is 1.64. The molecule has 8 heteroatoms. The average molecular weight is 379 g/mol. The van der Waals surface area contributed by atoms with Gasteiger partial charge in [-0.05, 0) is 37.1 Å². The van der Waals surface area contributed by atoms with Gasteiger partial charge in [0.25, 0.3) is 0 Å². The van der Waals surface area contributed by atoms with Crippen LogP contribution in [0.1, 0.15) is 12.8 Å². The van der Waals surface area contributed by atoms with E-state index in [0.717, 1.165) is 42.2 Å². The largest absolute Gasteiger partial charge is 0.497 e. The van der Waals surface area contributed by atoms with Crippen LogP contribution in [0.4, 0.5) is 11.6 Å². The van der Waals surface area contributed by atoms with Crippen molar-refractivity contribution in [2.45, 2.75) is 12.8 Å². The Hall–Kier alpha value is -3.42. The second-order valence-electron chi connectivity index (χ2n) is 6.65. The van der Waals surface area contributed by atoms with E-state index in [-0.39, 0.29) is 11.8 Å². The van der Waals surface area contributed by atoms with Crippen molar-refractivity contribution in [3.05, 3.63) is 49.0 Å². The molecule has 0 spiro atoms. The Morgan fingerprint density at radius 2 is 2.11 bits per heavy atom. The van der Waals surface area contributed by atoms with Crippen molar-refractivity contribution in [1.29, 1.82) is 0 Å². The molecule has 3 aromatic rings. The van der Waals surface area contributed by atoms with Crippen LogP contribution in [0.5, 0.6) is 5.75 Å². The van der Waals surface area contributed by atoms with E-state index in [9.17, 15) is 4.79 Å². The van der Waals surface area contributed by atoms with Gasteiger partial charge in [0.15, 0.2) is 5.82 Å². The lowest BCUT2D eigenvalue weighted by atomic mass is 9.97. The van der Waals surface area contributed by atoms with Crippen LogP contribution in [0.2, 0.25) is 0 Å². The third-order valence-electron chi connectivity index (χ3n) is 4.84. The first-order valence-corrected chi connectivity index (χ1v) is 9.15. The molecule has 28 heavy (non-hydrogen) atoms. The number of amides is 1. The monoisotopic (exact) mass is 379 g/mol. The predicted molar refractivity (Wildman–Crippen MR) is 104 cm³/mol. The molecule has 0 saturated carbocycles. The van der Waals surface area contributed by atoms with E-state index in [1.165, 1.54) is 6.26 Å². The van der Waals surface area contributed by atoms with Gasteiger partial charge >= 0.3 is 0 Å². The molecule has 0 radical (unpaired) electrons. The van der Waals surface area contributed by atoms with Crippen molar-refractivity contribution in [3.63, 3.8) is 0 Å². The van der Waals surface area contributed by atoms with Gasteiger partial charge in [0.05, 0.1) is 18.7 Å². The zero-order valence-corrected chi connectivity index (χ0v) is 15.5. The molecule has 4 rings (SSSR count). The first-order valence-electron chi connectivity index (χ1n) is 9.15. The van der Waals surface area contributed by atoms with Crippen molar-refractivity contribution in [2.75, 3.05) is 30.4 Å². The lowest BCUT2D eigenvalue weighted by Crippen LogP contribution is -2.41. The van der Waals surface area contributed by atoms with Crippen molar-refractivity contribution >= 4 is 17.5 Å².